The number of hydrogen-bond donors (Lipinski definition) is 1. The van der Waals surface area contributed by atoms with Crippen LogP contribution in [0.15, 0.2) is 47.0 Å². The summed E-state index contributed by atoms with van der Waals surface area (Å²) in [5.74, 6) is -1.46. The SMILES string of the molecule is CCCn1c(NC(=O)c2noc(C)c2COc2ccc(F)cc2F)nc2ccccc21. The molecular weight excluding hydrogens is 406 g/mol. The number of halogens is 2. The Morgan fingerprint density at radius 1 is 1.23 bits per heavy atom. The molecule has 0 saturated carbocycles. The number of imidazole rings is 1. The Hall–Kier alpha value is -3.75. The Balaban J connectivity index is 1.58. The molecule has 2 heterocycles. The van der Waals surface area contributed by atoms with Crippen LogP contribution in [0.25, 0.3) is 11.0 Å². The fourth-order valence-corrected chi connectivity index (χ4v) is 3.26. The highest BCUT2D eigenvalue weighted by Crippen LogP contribution is 2.24. The van der Waals surface area contributed by atoms with Crippen molar-refractivity contribution in [2.45, 2.75) is 33.4 Å². The quantitative estimate of drug-likeness (QED) is 0.457. The van der Waals surface area contributed by atoms with Crippen molar-refractivity contribution in [3.8, 4) is 5.75 Å². The molecule has 0 saturated heterocycles. The summed E-state index contributed by atoms with van der Waals surface area (Å²) in [4.78, 5) is 17.4. The van der Waals surface area contributed by atoms with E-state index in [0.717, 1.165) is 29.6 Å². The number of nitrogens with one attached hydrogen (secondary N) is 1. The number of aromatic nitrogens is 3. The molecule has 4 rings (SSSR count). The van der Waals surface area contributed by atoms with Crippen LogP contribution in [0.1, 0.15) is 35.2 Å². The van der Waals surface area contributed by atoms with Crippen LogP contribution in [0.4, 0.5) is 14.7 Å². The lowest BCUT2D eigenvalue weighted by Crippen LogP contribution is -2.18. The van der Waals surface area contributed by atoms with Crippen LogP contribution in [0.3, 0.4) is 0 Å². The van der Waals surface area contributed by atoms with Crippen molar-refractivity contribution in [2.24, 2.45) is 0 Å². The van der Waals surface area contributed by atoms with Gasteiger partial charge in [-0.1, -0.05) is 24.2 Å². The molecule has 2 aromatic carbocycles. The van der Waals surface area contributed by atoms with E-state index in [-0.39, 0.29) is 18.1 Å². The summed E-state index contributed by atoms with van der Waals surface area (Å²) in [6.45, 7) is 4.15. The maximum absolute atomic E-state index is 13.9. The van der Waals surface area contributed by atoms with Gasteiger partial charge in [0.05, 0.1) is 16.6 Å². The maximum Gasteiger partial charge on any atom is 0.280 e. The van der Waals surface area contributed by atoms with E-state index in [1.807, 2.05) is 35.8 Å². The largest absolute Gasteiger partial charge is 0.486 e. The van der Waals surface area contributed by atoms with E-state index >= 15 is 0 Å². The van der Waals surface area contributed by atoms with Gasteiger partial charge in [-0.25, -0.2) is 13.8 Å². The molecule has 0 atom stereocenters. The fraction of sp³-hybridized carbons (Fsp3) is 0.227. The maximum atomic E-state index is 13.9. The summed E-state index contributed by atoms with van der Waals surface area (Å²) in [6, 6.07) is 10.6. The van der Waals surface area contributed by atoms with Crippen LogP contribution in [0.2, 0.25) is 0 Å². The van der Waals surface area contributed by atoms with E-state index in [2.05, 4.69) is 15.5 Å². The van der Waals surface area contributed by atoms with Crippen molar-refractivity contribution < 1.29 is 22.8 Å². The molecule has 0 aliphatic rings. The summed E-state index contributed by atoms with van der Waals surface area (Å²) < 4.78 is 39.4. The number of ether oxygens (including phenoxy) is 1. The predicted molar refractivity (Wildman–Crippen MR) is 110 cm³/mol. The van der Waals surface area contributed by atoms with Crippen LogP contribution >= 0.6 is 0 Å². The normalized spacial score (nSPS) is 11.1. The summed E-state index contributed by atoms with van der Waals surface area (Å²) in [6.07, 6.45) is 0.856. The molecule has 2 aromatic heterocycles. The predicted octanol–water partition coefficient (Wildman–Crippen LogP) is 4.85. The minimum atomic E-state index is -0.839. The Morgan fingerprint density at radius 3 is 2.81 bits per heavy atom. The molecule has 0 aliphatic carbocycles. The molecule has 0 bridgehead atoms. The number of anilines is 1. The van der Waals surface area contributed by atoms with Gasteiger partial charge in [0.1, 0.15) is 18.2 Å². The van der Waals surface area contributed by atoms with Crippen molar-refractivity contribution in [1.82, 2.24) is 14.7 Å². The zero-order valence-electron chi connectivity index (χ0n) is 17.0. The first kappa shape index (κ1) is 20.5. The van der Waals surface area contributed by atoms with Gasteiger partial charge < -0.3 is 13.8 Å². The third-order valence-electron chi connectivity index (χ3n) is 4.79. The van der Waals surface area contributed by atoms with Crippen molar-refractivity contribution in [1.29, 1.82) is 0 Å². The Kier molecular flexibility index (Phi) is 5.66. The van der Waals surface area contributed by atoms with Crippen LogP contribution in [-0.2, 0) is 13.2 Å². The van der Waals surface area contributed by atoms with Crippen molar-refractivity contribution in [2.75, 3.05) is 5.32 Å². The van der Waals surface area contributed by atoms with Crippen molar-refractivity contribution >= 4 is 22.9 Å². The third kappa shape index (κ3) is 4.11. The molecule has 9 heteroatoms. The molecule has 0 fully saturated rings. The molecule has 160 valence electrons. The topological polar surface area (TPSA) is 82.2 Å². The van der Waals surface area contributed by atoms with E-state index in [1.165, 1.54) is 6.07 Å². The van der Waals surface area contributed by atoms with Gasteiger partial charge in [0.25, 0.3) is 5.91 Å². The lowest BCUT2D eigenvalue weighted by atomic mass is 10.2. The molecule has 4 aromatic rings. The molecule has 0 aliphatic heterocycles. The van der Waals surface area contributed by atoms with Crippen LogP contribution in [-0.4, -0.2) is 20.6 Å². The van der Waals surface area contributed by atoms with Crippen LogP contribution in [0, 0.1) is 18.6 Å². The first-order valence-electron chi connectivity index (χ1n) is 9.77. The summed E-state index contributed by atoms with van der Waals surface area (Å²) in [7, 11) is 0. The van der Waals surface area contributed by atoms with Gasteiger partial charge in [0, 0.05) is 12.6 Å². The highest BCUT2D eigenvalue weighted by Gasteiger charge is 2.23. The number of amides is 1. The summed E-state index contributed by atoms with van der Waals surface area (Å²) >= 11 is 0. The number of aryl methyl sites for hydroxylation is 2. The molecule has 0 unspecified atom stereocenters. The van der Waals surface area contributed by atoms with E-state index in [0.29, 0.717) is 23.8 Å². The van der Waals surface area contributed by atoms with E-state index in [9.17, 15) is 13.6 Å². The smallest absolute Gasteiger partial charge is 0.280 e. The Bertz CT molecular complexity index is 1250. The second kappa shape index (κ2) is 8.55. The van der Waals surface area contributed by atoms with Gasteiger partial charge in [0.2, 0.25) is 5.95 Å². The first-order valence-corrected chi connectivity index (χ1v) is 9.77. The second-order valence-corrected chi connectivity index (χ2v) is 6.96. The average Bonchev–Trinajstić information content (AvgIpc) is 3.28. The highest BCUT2D eigenvalue weighted by atomic mass is 19.1. The average molecular weight is 426 g/mol. The second-order valence-electron chi connectivity index (χ2n) is 6.96. The van der Waals surface area contributed by atoms with Gasteiger partial charge in [-0.15, -0.1) is 0 Å². The minimum absolute atomic E-state index is 0.00937. The van der Waals surface area contributed by atoms with Gasteiger partial charge in [-0.3, -0.25) is 10.1 Å². The lowest BCUT2D eigenvalue weighted by Gasteiger charge is -2.09. The van der Waals surface area contributed by atoms with Gasteiger partial charge >= 0.3 is 0 Å². The molecule has 1 N–H and O–H groups in total. The zero-order chi connectivity index (χ0) is 22.0. The fourth-order valence-electron chi connectivity index (χ4n) is 3.26. The number of carbonyl (C=O) groups excluding carboxylic acids is 1. The van der Waals surface area contributed by atoms with Crippen molar-refractivity contribution in [3.63, 3.8) is 0 Å². The van der Waals surface area contributed by atoms with Crippen LogP contribution in [0.5, 0.6) is 5.75 Å². The van der Waals surface area contributed by atoms with Gasteiger partial charge in [-0.2, -0.15) is 0 Å². The number of carbonyl (C=O) groups is 1. The number of hydrogen-bond acceptors (Lipinski definition) is 5. The number of fused-ring (bicyclic) bond motifs is 1. The zero-order valence-corrected chi connectivity index (χ0v) is 17.0. The Morgan fingerprint density at radius 2 is 2.03 bits per heavy atom. The highest BCUT2D eigenvalue weighted by molar-refractivity contribution is 6.03. The molecular formula is C22H20F2N4O3. The first-order chi connectivity index (χ1) is 15.0. The number of rotatable bonds is 7. The number of nitrogens with zero attached hydrogens (tertiary/aromatic N) is 3. The van der Waals surface area contributed by atoms with E-state index in [1.54, 1.807) is 6.92 Å². The van der Waals surface area contributed by atoms with E-state index < -0.39 is 17.5 Å². The Labute approximate surface area is 176 Å². The standard InChI is InChI=1S/C22H20F2N4O3/c1-3-10-28-18-7-5-4-6-17(18)25-22(28)26-21(29)20-15(13(2)31-27-20)12-30-19-9-8-14(23)11-16(19)24/h4-9,11H,3,10,12H2,1-2H3,(H,25,26,29). The molecule has 1 amide bonds. The van der Waals surface area contributed by atoms with Gasteiger partial charge in [0.15, 0.2) is 17.3 Å². The molecule has 31 heavy (non-hydrogen) atoms. The van der Waals surface area contributed by atoms with Gasteiger partial charge in [-0.05, 0) is 37.6 Å². The van der Waals surface area contributed by atoms with Crippen molar-refractivity contribution in [3.05, 3.63) is 71.1 Å². The molecule has 7 nitrogen and oxygen atoms in total. The molecule has 0 spiro atoms. The summed E-state index contributed by atoms with van der Waals surface area (Å²) in [5.41, 5.74) is 2.04. The monoisotopic (exact) mass is 426 g/mol. The molecule has 0 radical (unpaired) electrons. The van der Waals surface area contributed by atoms with E-state index in [4.69, 9.17) is 9.26 Å². The van der Waals surface area contributed by atoms with Crippen LogP contribution < -0.4 is 10.1 Å². The minimum Gasteiger partial charge on any atom is -0.486 e. The number of para-hydroxylation sites is 2. The third-order valence-corrected chi connectivity index (χ3v) is 4.79. The summed E-state index contributed by atoms with van der Waals surface area (Å²) in [5, 5.41) is 6.62. The lowest BCUT2D eigenvalue weighted by molar-refractivity contribution is 0.101. The number of benzene rings is 2.